The van der Waals surface area contributed by atoms with Crippen LogP contribution in [0.2, 0.25) is 0 Å². The lowest BCUT2D eigenvalue weighted by molar-refractivity contribution is 0.318. The van der Waals surface area contributed by atoms with Crippen LogP contribution in [0.15, 0.2) is 0 Å². The summed E-state index contributed by atoms with van der Waals surface area (Å²) < 4.78 is 0. The van der Waals surface area contributed by atoms with Crippen LogP contribution in [0.1, 0.15) is 73.6 Å². The highest BCUT2D eigenvalue weighted by Crippen LogP contribution is 2.26. The monoisotopic (exact) mass is 225 g/mol. The van der Waals surface area contributed by atoms with Crippen molar-refractivity contribution >= 4 is 0 Å². The zero-order valence-corrected chi connectivity index (χ0v) is 12.4. The molecule has 16 heavy (non-hydrogen) atoms. The molecule has 0 aromatic rings. The van der Waals surface area contributed by atoms with Gasteiger partial charge in [0, 0.05) is 0 Å². The van der Waals surface area contributed by atoms with Gasteiger partial charge in [-0.2, -0.15) is 0 Å². The number of rotatable bonds is 9. The van der Waals surface area contributed by atoms with Crippen LogP contribution in [-0.2, 0) is 0 Å². The first-order valence-electron chi connectivity index (χ1n) is 7.38. The summed E-state index contributed by atoms with van der Waals surface area (Å²) >= 11 is 0. The van der Waals surface area contributed by atoms with Crippen molar-refractivity contribution in [2.45, 2.75) is 73.6 Å². The normalized spacial score (nSPS) is 17.4. The Hall–Kier alpha value is 0. The summed E-state index contributed by atoms with van der Waals surface area (Å²) in [6.07, 6.45) is 9.24. The van der Waals surface area contributed by atoms with Gasteiger partial charge in [0.15, 0.2) is 0 Å². The molecule has 0 heterocycles. The van der Waals surface area contributed by atoms with E-state index in [4.69, 9.17) is 0 Å². The third kappa shape index (κ3) is 6.55. The van der Waals surface area contributed by atoms with Crippen molar-refractivity contribution < 1.29 is 0 Å². The first-order valence-corrected chi connectivity index (χ1v) is 7.38. The Kier molecular flexibility index (Phi) is 9.07. The lowest BCUT2D eigenvalue weighted by atomic mass is 9.83. The van der Waals surface area contributed by atoms with E-state index in [0.29, 0.717) is 0 Å². The van der Waals surface area contributed by atoms with Crippen LogP contribution in [0.5, 0.6) is 0 Å². The first-order chi connectivity index (χ1) is 7.54. The molecule has 0 heteroatoms. The fraction of sp³-hybridized carbons (Fsp3) is 0.938. The standard InChI is InChI=1S/C16H33/c1-7-13(4)12-14(5)10-11-15(6)16(8-2)9-3/h10,13-16H,7-9,11-12H2,1-6H3. The summed E-state index contributed by atoms with van der Waals surface area (Å²) in [6.45, 7) is 14.1. The second kappa shape index (κ2) is 9.07. The molecular weight excluding hydrogens is 192 g/mol. The van der Waals surface area contributed by atoms with E-state index in [9.17, 15) is 0 Å². The van der Waals surface area contributed by atoms with Gasteiger partial charge in [-0.3, -0.25) is 0 Å². The molecule has 3 atom stereocenters. The molecule has 0 nitrogen and oxygen atoms in total. The van der Waals surface area contributed by atoms with Crippen LogP contribution < -0.4 is 0 Å². The Morgan fingerprint density at radius 2 is 1.44 bits per heavy atom. The van der Waals surface area contributed by atoms with Crippen LogP contribution >= 0.6 is 0 Å². The van der Waals surface area contributed by atoms with E-state index in [1.165, 1.54) is 32.1 Å². The zero-order chi connectivity index (χ0) is 12.6. The summed E-state index contributed by atoms with van der Waals surface area (Å²) in [5, 5.41) is 0. The third-order valence-electron chi connectivity index (χ3n) is 4.23. The maximum absolute atomic E-state index is 2.56. The molecule has 0 saturated carbocycles. The lowest BCUT2D eigenvalue weighted by Gasteiger charge is -2.23. The van der Waals surface area contributed by atoms with Crippen molar-refractivity contribution in [1.82, 2.24) is 0 Å². The van der Waals surface area contributed by atoms with Gasteiger partial charge in [0.05, 0.1) is 0 Å². The SMILES string of the molecule is CCC(C)CC(C)[CH]CC(C)C(CC)CC. The van der Waals surface area contributed by atoms with Crippen LogP contribution in [0.3, 0.4) is 0 Å². The Balaban J connectivity index is 3.77. The van der Waals surface area contributed by atoms with Crippen LogP contribution in [-0.4, -0.2) is 0 Å². The van der Waals surface area contributed by atoms with Crippen LogP contribution in [0.25, 0.3) is 0 Å². The fourth-order valence-electron chi connectivity index (χ4n) is 2.63. The van der Waals surface area contributed by atoms with Crippen LogP contribution in [0, 0.1) is 30.1 Å². The predicted molar refractivity (Wildman–Crippen MR) is 75.4 cm³/mol. The second-order valence-electron chi connectivity index (χ2n) is 5.75. The van der Waals surface area contributed by atoms with Gasteiger partial charge in [0.25, 0.3) is 0 Å². The van der Waals surface area contributed by atoms with E-state index in [2.05, 4.69) is 48.0 Å². The van der Waals surface area contributed by atoms with Crippen molar-refractivity contribution in [1.29, 1.82) is 0 Å². The van der Waals surface area contributed by atoms with E-state index in [1.807, 2.05) is 0 Å². The molecule has 0 fully saturated rings. The van der Waals surface area contributed by atoms with Crippen molar-refractivity contribution in [2.24, 2.45) is 23.7 Å². The quantitative estimate of drug-likeness (QED) is 0.470. The Morgan fingerprint density at radius 3 is 1.88 bits per heavy atom. The van der Waals surface area contributed by atoms with E-state index >= 15 is 0 Å². The van der Waals surface area contributed by atoms with Gasteiger partial charge in [-0.25, -0.2) is 0 Å². The van der Waals surface area contributed by atoms with Gasteiger partial charge in [0.1, 0.15) is 0 Å². The highest BCUT2D eigenvalue weighted by atomic mass is 14.2. The highest BCUT2D eigenvalue weighted by Gasteiger charge is 2.15. The van der Waals surface area contributed by atoms with E-state index < -0.39 is 0 Å². The van der Waals surface area contributed by atoms with Crippen molar-refractivity contribution in [3.63, 3.8) is 0 Å². The largest absolute Gasteiger partial charge is 0.0651 e. The van der Waals surface area contributed by atoms with E-state index in [-0.39, 0.29) is 0 Å². The van der Waals surface area contributed by atoms with Crippen molar-refractivity contribution in [2.75, 3.05) is 0 Å². The maximum Gasteiger partial charge on any atom is -0.0355 e. The molecule has 0 aliphatic rings. The molecule has 1 radical (unpaired) electrons. The predicted octanol–water partition coefficient (Wildman–Crippen LogP) is 5.73. The van der Waals surface area contributed by atoms with Crippen molar-refractivity contribution in [3.05, 3.63) is 6.42 Å². The molecule has 3 unspecified atom stereocenters. The Labute approximate surface area is 104 Å². The highest BCUT2D eigenvalue weighted by molar-refractivity contribution is 4.78. The second-order valence-corrected chi connectivity index (χ2v) is 5.75. The van der Waals surface area contributed by atoms with Gasteiger partial charge >= 0.3 is 0 Å². The average molecular weight is 225 g/mol. The van der Waals surface area contributed by atoms with Crippen molar-refractivity contribution in [3.8, 4) is 0 Å². The zero-order valence-electron chi connectivity index (χ0n) is 12.4. The maximum atomic E-state index is 2.56. The van der Waals surface area contributed by atoms with Crippen LogP contribution in [0.4, 0.5) is 0 Å². The summed E-state index contributed by atoms with van der Waals surface area (Å²) in [5.41, 5.74) is 0. The minimum absolute atomic E-state index is 0.798. The minimum Gasteiger partial charge on any atom is -0.0651 e. The van der Waals surface area contributed by atoms with E-state index in [0.717, 1.165) is 23.7 Å². The summed E-state index contributed by atoms with van der Waals surface area (Å²) in [4.78, 5) is 0. The molecule has 0 aromatic heterocycles. The number of hydrogen-bond acceptors (Lipinski definition) is 0. The fourth-order valence-corrected chi connectivity index (χ4v) is 2.63. The third-order valence-corrected chi connectivity index (χ3v) is 4.23. The smallest absolute Gasteiger partial charge is 0.0355 e. The minimum atomic E-state index is 0.798. The summed E-state index contributed by atoms with van der Waals surface area (Å²) in [5.74, 6) is 3.47. The lowest BCUT2D eigenvalue weighted by Crippen LogP contribution is -2.12. The summed E-state index contributed by atoms with van der Waals surface area (Å²) in [6, 6.07) is 0. The molecule has 0 N–H and O–H groups in total. The molecule has 0 aliphatic heterocycles. The molecule has 0 spiro atoms. The van der Waals surface area contributed by atoms with E-state index in [1.54, 1.807) is 0 Å². The molecule has 0 rings (SSSR count). The van der Waals surface area contributed by atoms with Gasteiger partial charge in [0.2, 0.25) is 0 Å². The number of hydrogen-bond donors (Lipinski definition) is 0. The van der Waals surface area contributed by atoms with Gasteiger partial charge in [-0.15, -0.1) is 0 Å². The topological polar surface area (TPSA) is 0 Å². The molecular formula is C16H33. The molecule has 97 valence electrons. The van der Waals surface area contributed by atoms with Gasteiger partial charge in [-0.05, 0) is 42.9 Å². The molecule has 0 saturated heterocycles. The molecule has 0 aliphatic carbocycles. The Morgan fingerprint density at radius 1 is 0.875 bits per heavy atom. The average Bonchev–Trinajstić information content (AvgIpc) is 2.27. The molecule has 0 aromatic carbocycles. The summed E-state index contributed by atoms with van der Waals surface area (Å²) in [7, 11) is 0. The first kappa shape index (κ1) is 16.0. The molecule has 0 bridgehead atoms. The molecule has 0 amide bonds. The Bertz CT molecular complexity index is 146. The van der Waals surface area contributed by atoms with Gasteiger partial charge < -0.3 is 0 Å². The van der Waals surface area contributed by atoms with Gasteiger partial charge in [-0.1, -0.05) is 60.8 Å².